The standard InChI is InChI=1S/C14H22N6/c1-14(2,3)20-8-6-18(7-9-20)13-12-16-4-5-19(12)10-11(15)17-13/h4-5,10H,6-9,15H2,1-3H3. The minimum Gasteiger partial charge on any atom is -0.382 e. The van der Waals surface area contributed by atoms with Crippen molar-refractivity contribution in [3.8, 4) is 0 Å². The molecule has 3 rings (SSSR count). The van der Waals surface area contributed by atoms with Gasteiger partial charge in [0.25, 0.3) is 0 Å². The summed E-state index contributed by atoms with van der Waals surface area (Å²) in [5.41, 5.74) is 6.99. The number of fused-ring (bicyclic) bond motifs is 1. The first kappa shape index (κ1) is 13.2. The second kappa shape index (κ2) is 4.63. The second-order valence-electron chi connectivity index (χ2n) is 6.29. The third kappa shape index (κ3) is 2.31. The zero-order chi connectivity index (χ0) is 14.3. The van der Waals surface area contributed by atoms with Crippen LogP contribution in [-0.2, 0) is 0 Å². The monoisotopic (exact) mass is 274 g/mol. The van der Waals surface area contributed by atoms with E-state index >= 15 is 0 Å². The smallest absolute Gasteiger partial charge is 0.180 e. The molecule has 2 N–H and O–H groups in total. The zero-order valence-corrected chi connectivity index (χ0v) is 12.4. The van der Waals surface area contributed by atoms with E-state index in [2.05, 4.69) is 40.5 Å². The predicted octanol–water partition coefficient (Wildman–Crippen LogP) is 1.23. The molecule has 6 heteroatoms. The summed E-state index contributed by atoms with van der Waals surface area (Å²) < 4.78 is 1.94. The number of nitrogen functional groups attached to an aromatic ring is 1. The predicted molar refractivity (Wildman–Crippen MR) is 80.9 cm³/mol. The van der Waals surface area contributed by atoms with Crippen LogP contribution in [-0.4, -0.2) is 51.0 Å². The van der Waals surface area contributed by atoms with Crippen molar-refractivity contribution in [2.75, 3.05) is 36.8 Å². The van der Waals surface area contributed by atoms with Crippen molar-refractivity contribution in [1.29, 1.82) is 0 Å². The molecule has 3 heterocycles. The van der Waals surface area contributed by atoms with E-state index in [1.165, 1.54) is 0 Å². The zero-order valence-electron chi connectivity index (χ0n) is 12.4. The Kier molecular flexibility index (Phi) is 3.05. The Morgan fingerprint density at radius 1 is 1.15 bits per heavy atom. The molecule has 0 atom stereocenters. The van der Waals surface area contributed by atoms with Gasteiger partial charge in [-0.15, -0.1) is 0 Å². The van der Waals surface area contributed by atoms with E-state index in [0.717, 1.165) is 37.6 Å². The molecule has 1 aliphatic rings. The number of aromatic nitrogens is 3. The topological polar surface area (TPSA) is 62.7 Å². The van der Waals surface area contributed by atoms with E-state index in [9.17, 15) is 0 Å². The summed E-state index contributed by atoms with van der Waals surface area (Å²) in [7, 11) is 0. The highest BCUT2D eigenvalue weighted by atomic mass is 15.3. The molecule has 20 heavy (non-hydrogen) atoms. The van der Waals surface area contributed by atoms with Crippen molar-refractivity contribution >= 4 is 17.3 Å². The van der Waals surface area contributed by atoms with Gasteiger partial charge in [-0.1, -0.05) is 0 Å². The average Bonchev–Trinajstić information content (AvgIpc) is 2.85. The van der Waals surface area contributed by atoms with Crippen LogP contribution in [0.15, 0.2) is 18.6 Å². The number of piperazine rings is 1. The molecule has 0 spiro atoms. The summed E-state index contributed by atoms with van der Waals surface area (Å²) >= 11 is 0. The molecule has 0 unspecified atom stereocenters. The molecular formula is C14H22N6. The van der Waals surface area contributed by atoms with Gasteiger partial charge in [-0.25, -0.2) is 9.97 Å². The highest BCUT2D eigenvalue weighted by Gasteiger charge is 2.27. The van der Waals surface area contributed by atoms with Gasteiger partial charge < -0.3 is 15.0 Å². The van der Waals surface area contributed by atoms with Gasteiger partial charge in [-0.3, -0.25) is 4.90 Å². The number of hydrogen-bond acceptors (Lipinski definition) is 5. The fourth-order valence-electron chi connectivity index (χ4n) is 2.74. The maximum atomic E-state index is 5.89. The lowest BCUT2D eigenvalue weighted by molar-refractivity contribution is 0.128. The normalized spacial score (nSPS) is 17.9. The maximum Gasteiger partial charge on any atom is 0.180 e. The van der Waals surface area contributed by atoms with E-state index in [0.29, 0.717) is 5.82 Å². The number of hydrogen-bond donors (Lipinski definition) is 1. The fourth-order valence-corrected chi connectivity index (χ4v) is 2.74. The minimum atomic E-state index is 0.220. The number of imidazole rings is 1. The van der Waals surface area contributed by atoms with Crippen molar-refractivity contribution in [2.45, 2.75) is 26.3 Å². The summed E-state index contributed by atoms with van der Waals surface area (Å²) in [6.45, 7) is 10.8. The van der Waals surface area contributed by atoms with Crippen LogP contribution in [0.1, 0.15) is 20.8 Å². The highest BCUT2D eigenvalue weighted by molar-refractivity contribution is 5.66. The van der Waals surface area contributed by atoms with Crippen LogP contribution in [0.25, 0.3) is 5.65 Å². The first-order valence-electron chi connectivity index (χ1n) is 7.04. The number of anilines is 2. The summed E-state index contributed by atoms with van der Waals surface area (Å²) in [5, 5.41) is 0. The second-order valence-corrected chi connectivity index (χ2v) is 6.29. The number of rotatable bonds is 1. The fraction of sp³-hybridized carbons (Fsp3) is 0.571. The van der Waals surface area contributed by atoms with Crippen LogP contribution in [0, 0.1) is 0 Å². The lowest BCUT2D eigenvalue weighted by Crippen LogP contribution is -2.53. The molecule has 108 valence electrons. The quantitative estimate of drug-likeness (QED) is 0.847. The van der Waals surface area contributed by atoms with Crippen LogP contribution >= 0.6 is 0 Å². The van der Waals surface area contributed by atoms with Gasteiger partial charge in [0.2, 0.25) is 0 Å². The minimum absolute atomic E-state index is 0.220. The molecule has 1 saturated heterocycles. The van der Waals surface area contributed by atoms with Crippen LogP contribution < -0.4 is 10.6 Å². The van der Waals surface area contributed by atoms with Gasteiger partial charge >= 0.3 is 0 Å². The van der Waals surface area contributed by atoms with E-state index in [4.69, 9.17) is 5.73 Å². The van der Waals surface area contributed by atoms with Crippen LogP contribution in [0.3, 0.4) is 0 Å². The van der Waals surface area contributed by atoms with Gasteiger partial charge in [0.15, 0.2) is 11.5 Å². The molecule has 0 radical (unpaired) electrons. The van der Waals surface area contributed by atoms with Gasteiger partial charge in [0, 0.05) is 44.1 Å². The lowest BCUT2D eigenvalue weighted by atomic mass is 10.1. The molecule has 0 bridgehead atoms. The van der Waals surface area contributed by atoms with Crippen molar-refractivity contribution in [2.24, 2.45) is 0 Å². The van der Waals surface area contributed by atoms with Crippen molar-refractivity contribution < 1.29 is 0 Å². The largest absolute Gasteiger partial charge is 0.382 e. The average molecular weight is 274 g/mol. The molecule has 0 aliphatic carbocycles. The Hall–Kier alpha value is -1.82. The SMILES string of the molecule is CC(C)(C)N1CCN(c2nc(N)cn3ccnc23)CC1. The van der Waals surface area contributed by atoms with Gasteiger partial charge in [-0.2, -0.15) is 0 Å². The van der Waals surface area contributed by atoms with E-state index < -0.39 is 0 Å². The van der Waals surface area contributed by atoms with Crippen LogP contribution in [0.5, 0.6) is 0 Å². The summed E-state index contributed by atoms with van der Waals surface area (Å²) in [5.74, 6) is 1.42. The molecule has 0 saturated carbocycles. The molecule has 2 aromatic rings. The van der Waals surface area contributed by atoms with Crippen molar-refractivity contribution in [3.63, 3.8) is 0 Å². The van der Waals surface area contributed by atoms with Gasteiger partial charge in [0.1, 0.15) is 5.82 Å². The van der Waals surface area contributed by atoms with Crippen LogP contribution in [0.4, 0.5) is 11.6 Å². The Bertz CT molecular complexity index is 604. The Labute approximate surface area is 119 Å². The molecular weight excluding hydrogens is 252 g/mol. The molecule has 0 aromatic carbocycles. The van der Waals surface area contributed by atoms with Gasteiger partial charge in [-0.05, 0) is 20.8 Å². The summed E-state index contributed by atoms with van der Waals surface area (Å²) in [6.07, 6.45) is 5.49. The van der Waals surface area contributed by atoms with Crippen molar-refractivity contribution in [1.82, 2.24) is 19.3 Å². The number of nitrogens with two attached hydrogens (primary N) is 1. The van der Waals surface area contributed by atoms with E-state index in [-0.39, 0.29) is 5.54 Å². The molecule has 1 aliphatic heterocycles. The molecule has 6 nitrogen and oxygen atoms in total. The highest BCUT2D eigenvalue weighted by Crippen LogP contribution is 2.23. The summed E-state index contributed by atoms with van der Waals surface area (Å²) in [4.78, 5) is 13.7. The third-order valence-corrected chi connectivity index (χ3v) is 3.90. The molecule has 1 fully saturated rings. The van der Waals surface area contributed by atoms with E-state index in [1.807, 2.05) is 10.6 Å². The van der Waals surface area contributed by atoms with Gasteiger partial charge in [0.05, 0.1) is 6.20 Å². The van der Waals surface area contributed by atoms with Crippen molar-refractivity contribution in [3.05, 3.63) is 18.6 Å². The van der Waals surface area contributed by atoms with E-state index in [1.54, 1.807) is 12.4 Å². The Balaban J connectivity index is 1.85. The first-order chi connectivity index (χ1) is 9.45. The Morgan fingerprint density at radius 3 is 2.50 bits per heavy atom. The maximum absolute atomic E-state index is 5.89. The lowest BCUT2D eigenvalue weighted by Gasteiger charge is -2.42. The van der Waals surface area contributed by atoms with Crippen LogP contribution in [0.2, 0.25) is 0 Å². The molecule has 2 aromatic heterocycles. The summed E-state index contributed by atoms with van der Waals surface area (Å²) in [6, 6.07) is 0. The third-order valence-electron chi connectivity index (χ3n) is 3.90. The number of nitrogens with zero attached hydrogens (tertiary/aromatic N) is 5. The first-order valence-corrected chi connectivity index (χ1v) is 7.04. The Morgan fingerprint density at radius 2 is 1.85 bits per heavy atom. The molecule has 0 amide bonds.